The Labute approximate surface area is 250 Å². The molecule has 8 nitrogen and oxygen atoms in total. The predicted octanol–water partition coefficient (Wildman–Crippen LogP) is 7.41. The zero-order chi connectivity index (χ0) is 30.9. The first kappa shape index (κ1) is 30.4. The number of alkyl halides is 2. The molecule has 0 bridgehead atoms. The van der Waals surface area contributed by atoms with Gasteiger partial charge in [-0.15, -0.1) is 0 Å². The highest BCUT2D eigenvalue weighted by atomic mass is 19.3. The molecule has 228 valence electrons. The fourth-order valence-electron chi connectivity index (χ4n) is 4.73. The minimum atomic E-state index is -2.98. The molecule has 43 heavy (non-hydrogen) atoms. The summed E-state index contributed by atoms with van der Waals surface area (Å²) in [6.07, 6.45) is 10.5. The number of rotatable bonds is 12. The summed E-state index contributed by atoms with van der Waals surface area (Å²) in [6, 6.07) is 1.40. The van der Waals surface area contributed by atoms with Crippen molar-refractivity contribution in [3.8, 4) is 23.1 Å². The largest absolute Gasteiger partial charge is 0.480 e. The van der Waals surface area contributed by atoms with Crippen molar-refractivity contribution in [2.24, 2.45) is 0 Å². The van der Waals surface area contributed by atoms with Crippen molar-refractivity contribution in [1.29, 1.82) is 0 Å². The SMILES string of the molecule is CCC(C)=C(c1ncc(COc2nc(-c3c(OC)ncnc3C3CC3)ncc2C)cc1F)N(/C=C(\C)C(C)(F)F)C1CC1. The van der Waals surface area contributed by atoms with Crippen LogP contribution in [0.25, 0.3) is 17.1 Å². The van der Waals surface area contributed by atoms with Crippen molar-refractivity contribution in [1.82, 2.24) is 29.8 Å². The monoisotopic (exact) mass is 594 g/mol. The Morgan fingerprint density at radius 2 is 1.81 bits per heavy atom. The van der Waals surface area contributed by atoms with Crippen LogP contribution in [0.3, 0.4) is 0 Å². The third-order valence-electron chi connectivity index (χ3n) is 7.80. The highest BCUT2D eigenvalue weighted by molar-refractivity contribution is 5.67. The number of nitrogens with zero attached hydrogens (tertiary/aromatic N) is 6. The Morgan fingerprint density at radius 1 is 1.07 bits per heavy atom. The van der Waals surface area contributed by atoms with Gasteiger partial charge in [-0.05, 0) is 64.5 Å². The van der Waals surface area contributed by atoms with Gasteiger partial charge >= 0.3 is 0 Å². The Morgan fingerprint density at radius 3 is 2.42 bits per heavy atom. The maximum Gasteiger partial charge on any atom is 0.268 e. The Kier molecular flexibility index (Phi) is 8.71. The van der Waals surface area contributed by atoms with Crippen molar-refractivity contribution in [3.63, 3.8) is 0 Å². The fraction of sp³-hybridized carbons (Fsp3) is 0.469. The summed E-state index contributed by atoms with van der Waals surface area (Å²) in [5.41, 5.74) is 4.13. The van der Waals surface area contributed by atoms with Crippen LogP contribution in [0.15, 0.2) is 42.1 Å². The molecule has 0 amide bonds. The molecule has 0 aromatic carbocycles. The van der Waals surface area contributed by atoms with E-state index in [9.17, 15) is 8.78 Å². The van der Waals surface area contributed by atoms with Crippen LogP contribution < -0.4 is 9.47 Å². The van der Waals surface area contributed by atoms with Crippen LogP contribution in [0.4, 0.5) is 13.2 Å². The number of ether oxygens (including phenoxy) is 2. The Hall–Kier alpha value is -4.02. The van der Waals surface area contributed by atoms with Gasteiger partial charge in [-0.3, -0.25) is 4.98 Å². The molecule has 0 unspecified atom stereocenters. The van der Waals surface area contributed by atoms with Gasteiger partial charge in [0.1, 0.15) is 24.2 Å². The molecular weight excluding hydrogens is 557 g/mol. The predicted molar refractivity (Wildman–Crippen MR) is 157 cm³/mol. The Balaban J connectivity index is 1.41. The topological polar surface area (TPSA) is 86.2 Å². The average molecular weight is 595 g/mol. The van der Waals surface area contributed by atoms with E-state index in [-0.39, 0.29) is 23.9 Å². The third-order valence-corrected chi connectivity index (χ3v) is 7.80. The van der Waals surface area contributed by atoms with Gasteiger partial charge in [-0.25, -0.2) is 28.1 Å². The molecule has 5 rings (SSSR count). The molecule has 11 heteroatoms. The smallest absolute Gasteiger partial charge is 0.268 e. The summed E-state index contributed by atoms with van der Waals surface area (Å²) >= 11 is 0. The van der Waals surface area contributed by atoms with Crippen molar-refractivity contribution in [3.05, 3.63) is 70.5 Å². The minimum absolute atomic E-state index is 0.0125. The van der Waals surface area contributed by atoms with E-state index < -0.39 is 11.7 Å². The molecule has 0 atom stereocenters. The summed E-state index contributed by atoms with van der Waals surface area (Å²) in [7, 11) is 1.54. The van der Waals surface area contributed by atoms with Crippen LogP contribution in [0, 0.1) is 12.7 Å². The molecule has 3 aromatic heterocycles. The Bertz CT molecular complexity index is 1560. The number of methoxy groups -OCH3 is 1. The lowest BCUT2D eigenvalue weighted by Crippen LogP contribution is -2.24. The molecule has 0 saturated heterocycles. The van der Waals surface area contributed by atoms with Gasteiger partial charge in [0, 0.05) is 54.2 Å². The summed E-state index contributed by atoms with van der Waals surface area (Å²) < 4.78 is 55.4. The maximum atomic E-state index is 15.7. The van der Waals surface area contributed by atoms with Crippen LogP contribution in [0.2, 0.25) is 0 Å². The van der Waals surface area contributed by atoms with E-state index >= 15 is 4.39 Å². The van der Waals surface area contributed by atoms with Crippen LogP contribution in [0.5, 0.6) is 11.8 Å². The number of pyridine rings is 1. The first-order valence-corrected chi connectivity index (χ1v) is 14.6. The van der Waals surface area contributed by atoms with Gasteiger partial charge in [0.05, 0.1) is 18.5 Å². The maximum absolute atomic E-state index is 15.7. The molecule has 2 fully saturated rings. The van der Waals surface area contributed by atoms with Gasteiger partial charge in [-0.2, -0.15) is 4.98 Å². The zero-order valence-electron chi connectivity index (χ0n) is 25.4. The molecule has 0 radical (unpaired) electrons. The average Bonchev–Trinajstić information content (AvgIpc) is 3.90. The molecular formula is C32H37F3N6O2. The second kappa shape index (κ2) is 12.3. The van der Waals surface area contributed by atoms with Gasteiger partial charge in [-0.1, -0.05) is 6.92 Å². The molecule has 2 aliphatic carbocycles. The quantitative estimate of drug-likeness (QED) is 0.214. The van der Waals surface area contributed by atoms with E-state index in [1.165, 1.54) is 25.5 Å². The lowest BCUT2D eigenvalue weighted by atomic mass is 10.1. The summed E-state index contributed by atoms with van der Waals surface area (Å²) in [5, 5.41) is 0. The summed E-state index contributed by atoms with van der Waals surface area (Å²) in [5.74, 6) is -2.09. The van der Waals surface area contributed by atoms with E-state index in [1.54, 1.807) is 24.4 Å². The lowest BCUT2D eigenvalue weighted by Gasteiger charge is -2.28. The molecule has 0 aliphatic heterocycles. The molecule has 3 aromatic rings. The summed E-state index contributed by atoms with van der Waals surface area (Å²) in [6.45, 7) is 7.94. The van der Waals surface area contributed by atoms with E-state index in [0.29, 0.717) is 52.3 Å². The van der Waals surface area contributed by atoms with Crippen molar-refractivity contribution >= 4 is 5.70 Å². The van der Waals surface area contributed by atoms with Crippen LogP contribution in [-0.4, -0.2) is 48.9 Å². The number of aryl methyl sites for hydroxylation is 1. The molecule has 2 saturated carbocycles. The number of halogens is 3. The van der Waals surface area contributed by atoms with Gasteiger partial charge in [0.2, 0.25) is 11.8 Å². The van der Waals surface area contributed by atoms with Crippen LogP contribution in [0.1, 0.15) is 88.2 Å². The van der Waals surface area contributed by atoms with Gasteiger partial charge in [0.25, 0.3) is 5.92 Å². The number of hydrogen-bond acceptors (Lipinski definition) is 8. The summed E-state index contributed by atoms with van der Waals surface area (Å²) in [4.78, 5) is 24.1. The minimum Gasteiger partial charge on any atom is -0.480 e. The first-order chi connectivity index (χ1) is 20.5. The number of hydrogen-bond donors (Lipinski definition) is 0. The molecule has 2 aliphatic rings. The molecule has 3 heterocycles. The fourth-order valence-corrected chi connectivity index (χ4v) is 4.73. The van der Waals surface area contributed by atoms with E-state index in [4.69, 9.17) is 9.47 Å². The van der Waals surface area contributed by atoms with E-state index in [0.717, 1.165) is 43.9 Å². The van der Waals surface area contributed by atoms with Gasteiger partial charge < -0.3 is 14.4 Å². The standard InChI is InChI=1S/C32H37F3N6O2/c1-7-18(2)28(41(23-10-11-23)15-20(4)32(5,34)35)27-24(33)12-21(14-36-27)16-43-30-19(3)13-37-29(40-30)25-26(22-8-9-22)38-17-39-31(25)42-6/h12-15,17,22-23H,7-11,16H2,1-6H3/b20-15+,28-18?. The molecule has 0 spiro atoms. The third kappa shape index (κ3) is 6.81. The number of aromatic nitrogens is 5. The first-order valence-electron chi connectivity index (χ1n) is 14.6. The van der Waals surface area contributed by atoms with E-state index in [2.05, 4.69) is 24.9 Å². The number of allylic oxidation sites excluding steroid dienone is 2. The molecule has 0 N–H and O–H groups in total. The zero-order valence-corrected chi connectivity index (χ0v) is 25.4. The van der Waals surface area contributed by atoms with Crippen LogP contribution >= 0.6 is 0 Å². The normalized spacial score (nSPS) is 16.2. The van der Waals surface area contributed by atoms with Crippen molar-refractivity contribution < 1.29 is 22.6 Å². The highest BCUT2D eigenvalue weighted by Gasteiger charge is 2.35. The van der Waals surface area contributed by atoms with Crippen molar-refractivity contribution in [2.75, 3.05) is 7.11 Å². The lowest BCUT2D eigenvalue weighted by molar-refractivity contribution is 0.0619. The second-order valence-corrected chi connectivity index (χ2v) is 11.4. The van der Waals surface area contributed by atoms with Crippen LogP contribution in [-0.2, 0) is 6.61 Å². The van der Waals surface area contributed by atoms with Crippen molar-refractivity contribution in [2.45, 2.75) is 91.2 Å². The highest BCUT2D eigenvalue weighted by Crippen LogP contribution is 2.45. The second-order valence-electron chi connectivity index (χ2n) is 11.4. The van der Waals surface area contributed by atoms with Gasteiger partial charge in [0.15, 0.2) is 11.6 Å². The van der Waals surface area contributed by atoms with E-state index in [1.807, 2.05) is 20.8 Å².